The van der Waals surface area contributed by atoms with Gasteiger partial charge < -0.3 is 9.47 Å². The van der Waals surface area contributed by atoms with Gasteiger partial charge >= 0.3 is 11.9 Å². The van der Waals surface area contributed by atoms with Gasteiger partial charge in [-0.1, -0.05) is 50.3 Å². The fourth-order valence-corrected chi connectivity index (χ4v) is 2.74. The number of hydrogen-bond donors (Lipinski definition) is 0. The number of methoxy groups -OCH3 is 1. The molecule has 1 aromatic rings. The Kier molecular flexibility index (Phi) is 4.69. The first-order valence-corrected chi connectivity index (χ1v) is 7.35. The average Bonchev–Trinajstić information content (AvgIpc) is 3.05. The molecule has 1 aromatic carbocycles. The quantitative estimate of drug-likeness (QED) is 0.619. The predicted octanol–water partition coefficient (Wildman–Crippen LogP) is 3.12. The van der Waals surface area contributed by atoms with Gasteiger partial charge in [0.1, 0.15) is 6.61 Å². The summed E-state index contributed by atoms with van der Waals surface area (Å²) in [5, 5.41) is 0. The van der Waals surface area contributed by atoms with Crippen molar-refractivity contribution in [1.29, 1.82) is 0 Å². The van der Waals surface area contributed by atoms with Crippen LogP contribution in [-0.2, 0) is 25.7 Å². The van der Waals surface area contributed by atoms with Crippen molar-refractivity contribution in [3.63, 3.8) is 0 Å². The third-order valence-electron chi connectivity index (χ3n) is 4.33. The van der Waals surface area contributed by atoms with Crippen LogP contribution in [0.25, 0.3) is 0 Å². The van der Waals surface area contributed by atoms with Gasteiger partial charge in [-0.2, -0.15) is 0 Å². The molecule has 22 heavy (non-hydrogen) atoms. The van der Waals surface area contributed by atoms with Gasteiger partial charge in [0.05, 0.1) is 13.0 Å². The molecule has 118 valence electrons. The molecule has 0 amide bonds. The second-order valence-corrected chi connectivity index (χ2v) is 6.26. The van der Waals surface area contributed by atoms with Crippen LogP contribution in [-0.4, -0.2) is 19.0 Å². The fraction of sp³-hybridized carbons (Fsp3) is 0.444. The third-order valence-corrected chi connectivity index (χ3v) is 4.33. The standard InChI is InChI=1S/C18H22O4/c1-12(10-14-15(17(20)21-4)18(14,2)3)16(19)22-11-13-8-6-5-7-9-13/h5-10,14-15H,11H2,1-4H3/b12-10+/t14-,15+/m1/s1. The number of benzene rings is 1. The van der Waals surface area contributed by atoms with Crippen molar-refractivity contribution in [1.82, 2.24) is 0 Å². The maximum Gasteiger partial charge on any atom is 0.333 e. The molecule has 4 heteroatoms. The summed E-state index contributed by atoms with van der Waals surface area (Å²) in [6.07, 6.45) is 1.83. The molecule has 0 spiro atoms. The molecule has 1 saturated carbocycles. The first kappa shape index (κ1) is 16.3. The lowest BCUT2D eigenvalue weighted by molar-refractivity contribution is -0.143. The smallest absolute Gasteiger partial charge is 0.333 e. The zero-order valence-corrected chi connectivity index (χ0v) is 13.5. The van der Waals surface area contributed by atoms with E-state index in [0.29, 0.717) is 5.57 Å². The summed E-state index contributed by atoms with van der Waals surface area (Å²) in [4.78, 5) is 23.7. The average molecular weight is 302 g/mol. The van der Waals surface area contributed by atoms with Crippen LogP contribution in [0.4, 0.5) is 0 Å². The molecular weight excluding hydrogens is 280 g/mol. The van der Waals surface area contributed by atoms with Crippen LogP contribution in [0.1, 0.15) is 26.3 Å². The van der Waals surface area contributed by atoms with Gasteiger partial charge in [-0.3, -0.25) is 4.79 Å². The predicted molar refractivity (Wildman–Crippen MR) is 82.8 cm³/mol. The molecule has 0 aliphatic heterocycles. The van der Waals surface area contributed by atoms with Gasteiger partial charge in [0.25, 0.3) is 0 Å². The van der Waals surface area contributed by atoms with Crippen LogP contribution >= 0.6 is 0 Å². The molecule has 4 nitrogen and oxygen atoms in total. The Morgan fingerprint density at radius 1 is 1.23 bits per heavy atom. The van der Waals surface area contributed by atoms with E-state index in [2.05, 4.69) is 0 Å². The normalized spacial score (nSPS) is 22.8. The molecule has 0 bridgehead atoms. The summed E-state index contributed by atoms with van der Waals surface area (Å²) in [7, 11) is 1.39. The number of esters is 2. The third kappa shape index (κ3) is 3.38. The second kappa shape index (κ2) is 6.34. The van der Waals surface area contributed by atoms with E-state index in [1.165, 1.54) is 7.11 Å². The number of ether oxygens (including phenoxy) is 2. The first-order valence-electron chi connectivity index (χ1n) is 7.35. The van der Waals surface area contributed by atoms with Crippen molar-refractivity contribution in [2.45, 2.75) is 27.4 Å². The van der Waals surface area contributed by atoms with Gasteiger partial charge in [-0.25, -0.2) is 4.79 Å². The zero-order valence-electron chi connectivity index (χ0n) is 13.5. The summed E-state index contributed by atoms with van der Waals surface area (Å²) >= 11 is 0. The number of carbonyl (C=O) groups excluding carboxylic acids is 2. The topological polar surface area (TPSA) is 52.6 Å². The summed E-state index contributed by atoms with van der Waals surface area (Å²) in [5.74, 6) is -0.745. The van der Waals surface area contributed by atoms with Gasteiger partial charge in [0, 0.05) is 5.57 Å². The van der Waals surface area contributed by atoms with Crippen LogP contribution in [0.5, 0.6) is 0 Å². The fourth-order valence-electron chi connectivity index (χ4n) is 2.74. The van der Waals surface area contributed by atoms with E-state index in [1.807, 2.05) is 50.3 Å². The molecule has 1 aliphatic carbocycles. The molecule has 2 atom stereocenters. The lowest BCUT2D eigenvalue weighted by atomic mass is 10.1. The minimum absolute atomic E-state index is 0.0178. The zero-order chi connectivity index (χ0) is 16.3. The maximum atomic E-state index is 12.0. The van der Waals surface area contributed by atoms with Crippen LogP contribution in [0, 0.1) is 17.3 Å². The molecule has 0 unspecified atom stereocenters. The van der Waals surface area contributed by atoms with E-state index in [1.54, 1.807) is 6.92 Å². The van der Waals surface area contributed by atoms with Gasteiger partial charge in [-0.15, -0.1) is 0 Å². The molecule has 2 rings (SSSR count). The van der Waals surface area contributed by atoms with E-state index < -0.39 is 0 Å². The van der Waals surface area contributed by atoms with E-state index in [0.717, 1.165) is 5.56 Å². The highest BCUT2D eigenvalue weighted by atomic mass is 16.5. The molecule has 0 heterocycles. The van der Waals surface area contributed by atoms with Gasteiger partial charge in [0.2, 0.25) is 0 Å². The Morgan fingerprint density at radius 3 is 2.45 bits per heavy atom. The maximum absolute atomic E-state index is 12.0. The monoisotopic (exact) mass is 302 g/mol. The Balaban J connectivity index is 1.95. The molecule has 0 aromatic heterocycles. The van der Waals surface area contributed by atoms with Crippen molar-refractivity contribution in [2.24, 2.45) is 17.3 Å². The van der Waals surface area contributed by atoms with E-state index in [-0.39, 0.29) is 35.8 Å². The first-order chi connectivity index (χ1) is 10.4. The highest BCUT2D eigenvalue weighted by molar-refractivity contribution is 5.88. The number of rotatable bonds is 5. The Bertz CT molecular complexity index is 586. The summed E-state index contributed by atoms with van der Waals surface area (Å²) in [6, 6.07) is 9.53. The number of allylic oxidation sites excluding steroid dienone is 1. The van der Waals surface area contributed by atoms with Crippen LogP contribution in [0.3, 0.4) is 0 Å². The summed E-state index contributed by atoms with van der Waals surface area (Å²) < 4.78 is 10.1. The molecule has 1 aliphatic rings. The van der Waals surface area contributed by atoms with Gasteiger partial charge in [-0.05, 0) is 23.8 Å². The van der Waals surface area contributed by atoms with Crippen LogP contribution in [0.2, 0.25) is 0 Å². The summed E-state index contributed by atoms with van der Waals surface area (Å²) in [5.41, 5.74) is 1.30. The van der Waals surface area contributed by atoms with Crippen molar-refractivity contribution in [3.05, 3.63) is 47.5 Å². The summed E-state index contributed by atoms with van der Waals surface area (Å²) in [6.45, 7) is 5.96. The number of carbonyl (C=O) groups is 2. The highest BCUT2D eigenvalue weighted by Gasteiger charge is 2.61. The lowest BCUT2D eigenvalue weighted by Crippen LogP contribution is -2.08. The molecular formula is C18H22O4. The number of hydrogen-bond acceptors (Lipinski definition) is 4. The minimum atomic E-state index is -0.352. The minimum Gasteiger partial charge on any atom is -0.469 e. The molecule has 0 radical (unpaired) electrons. The Hall–Kier alpha value is -2.10. The molecule has 0 saturated heterocycles. The second-order valence-electron chi connectivity index (χ2n) is 6.26. The van der Waals surface area contributed by atoms with Gasteiger partial charge in [0.15, 0.2) is 0 Å². The SMILES string of the molecule is COC(=O)[C@@H]1[C@@H](/C=C(\C)C(=O)OCc2ccccc2)C1(C)C. The van der Waals surface area contributed by atoms with E-state index >= 15 is 0 Å². The van der Waals surface area contributed by atoms with Crippen molar-refractivity contribution in [2.75, 3.05) is 7.11 Å². The molecule has 0 N–H and O–H groups in total. The van der Waals surface area contributed by atoms with Crippen molar-refractivity contribution in [3.8, 4) is 0 Å². The Labute approximate surface area is 131 Å². The lowest BCUT2D eigenvalue weighted by Gasteiger charge is -2.05. The largest absolute Gasteiger partial charge is 0.469 e. The van der Waals surface area contributed by atoms with Crippen molar-refractivity contribution < 1.29 is 19.1 Å². The van der Waals surface area contributed by atoms with Crippen LogP contribution < -0.4 is 0 Å². The van der Waals surface area contributed by atoms with E-state index in [4.69, 9.17) is 9.47 Å². The Morgan fingerprint density at radius 2 is 1.86 bits per heavy atom. The van der Waals surface area contributed by atoms with Crippen LogP contribution in [0.15, 0.2) is 42.0 Å². The van der Waals surface area contributed by atoms with E-state index in [9.17, 15) is 9.59 Å². The van der Waals surface area contributed by atoms with Crippen molar-refractivity contribution >= 4 is 11.9 Å². The molecule has 1 fully saturated rings. The highest BCUT2D eigenvalue weighted by Crippen LogP contribution is 2.59.